The van der Waals surface area contributed by atoms with Gasteiger partial charge in [0.2, 0.25) is 0 Å². The van der Waals surface area contributed by atoms with Crippen molar-refractivity contribution >= 4 is 5.84 Å². The van der Waals surface area contributed by atoms with E-state index in [2.05, 4.69) is 42.6 Å². The fourth-order valence-corrected chi connectivity index (χ4v) is 1.40. The van der Waals surface area contributed by atoms with Gasteiger partial charge in [0.05, 0.1) is 6.54 Å². The molecule has 0 aromatic heterocycles. The standard InChI is InChI=1S/C12H18N2/c1-4-6-7-11(5-2)10-12-13-8-9-14(12)3/h4-7H,1,8-10H2,2-3H3/b7-6-,11-5+. The second-order valence-corrected chi connectivity index (χ2v) is 3.35. The molecule has 2 nitrogen and oxygen atoms in total. The molecule has 0 atom stereocenters. The van der Waals surface area contributed by atoms with Crippen LogP contribution in [0.2, 0.25) is 0 Å². The summed E-state index contributed by atoms with van der Waals surface area (Å²) >= 11 is 0. The fourth-order valence-electron chi connectivity index (χ4n) is 1.40. The lowest BCUT2D eigenvalue weighted by Crippen LogP contribution is -2.22. The summed E-state index contributed by atoms with van der Waals surface area (Å²) in [5.41, 5.74) is 1.29. The Balaban J connectivity index is 2.57. The Hall–Kier alpha value is -1.31. The molecule has 0 aromatic carbocycles. The lowest BCUT2D eigenvalue weighted by Gasteiger charge is -2.13. The molecule has 1 aliphatic heterocycles. The highest BCUT2D eigenvalue weighted by molar-refractivity contribution is 5.86. The summed E-state index contributed by atoms with van der Waals surface area (Å²) in [6.45, 7) is 7.70. The van der Waals surface area contributed by atoms with Crippen LogP contribution in [0.25, 0.3) is 0 Å². The minimum Gasteiger partial charge on any atom is -0.361 e. The van der Waals surface area contributed by atoms with Gasteiger partial charge in [0.15, 0.2) is 0 Å². The molecule has 0 unspecified atom stereocenters. The van der Waals surface area contributed by atoms with Gasteiger partial charge in [0.25, 0.3) is 0 Å². The maximum Gasteiger partial charge on any atom is 0.103 e. The van der Waals surface area contributed by atoms with Crippen molar-refractivity contribution in [1.82, 2.24) is 4.90 Å². The Bertz CT molecular complexity index is 285. The molecule has 0 radical (unpaired) electrons. The third-order valence-electron chi connectivity index (χ3n) is 2.35. The van der Waals surface area contributed by atoms with Crippen LogP contribution in [0.3, 0.4) is 0 Å². The quantitative estimate of drug-likeness (QED) is 0.622. The van der Waals surface area contributed by atoms with Gasteiger partial charge in [-0.1, -0.05) is 30.9 Å². The summed E-state index contributed by atoms with van der Waals surface area (Å²) in [6, 6.07) is 0. The van der Waals surface area contributed by atoms with Crippen molar-refractivity contribution in [3.8, 4) is 0 Å². The van der Waals surface area contributed by atoms with Crippen molar-refractivity contribution in [2.75, 3.05) is 20.1 Å². The molecule has 0 amide bonds. The highest BCUT2D eigenvalue weighted by atomic mass is 15.2. The Morgan fingerprint density at radius 3 is 2.93 bits per heavy atom. The van der Waals surface area contributed by atoms with Crippen molar-refractivity contribution in [2.24, 2.45) is 4.99 Å². The van der Waals surface area contributed by atoms with E-state index in [-0.39, 0.29) is 0 Å². The number of nitrogens with zero attached hydrogens (tertiary/aromatic N) is 2. The summed E-state index contributed by atoms with van der Waals surface area (Å²) in [4.78, 5) is 6.67. The molecule has 0 bridgehead atoms. The van der Waals surface area contributed by atoms with Crippen molar-refractivity contribution in [3.05, 3.63) is 36.5 Å². The Labute approximate surface area is 86.3 Å². The van der Waals surface area contributed by atoms with Gasteiger partial charge in [-0.3, -0.25) is 4.99 Å². The average Bonchev–Trinajstić information content (AvgIpc) is 2.59. The number of amidine groups is 1. The zero-order chi connectivity index (χ0) is 10.4. The molecular formula is C12H18N2. The van der Waals surface area contributed by atoms with E-state index >= 15 is 0 Å². The third kappa shape index (κ3) is 2.87. The van der Waals surface area contributed by atoms with E-state index in [4.69, 9.17) is 0 Å². The van der Waals surface area contributed by atoms with Gasteiger partial charge in [-0.25, -0.2) is 0 Å². The Morgan fingerprint density at radius 1 is 1.64 bits per heavy atom. The number of rotatable bonds is 4. The second-order valence-electron chi connectivity index (χ2n) is 3.35. The molecular weight excluding hydrogens is 172 g/mol. The van der Waals surface area contributed by atoms with Crippen LogP contribution in [0, 0.1) is 0 Å². The molecule has 0 saturated heterocycles. The molecule has 0 N–H and O–H groups in total. The molecule has 14 heavy (non-hydrogen) atoms. The molecule has 2 heteroatoms. The Kier molecular flexibility index (Phi) is 4.17. The summed E-state index contributed by atoms with van der Waals surface area (Å²) in [5, 5.41) is 0. The minimum atomic E-state index is 0.928. The molecule has 1 aliphatic rings. The summed E-state index contributed by atoms with van der Waals surface area (Å²) in [6.07, 6.45) is 8.89. The molecule has 0 fully saturated rings. The number of aliphatic imine (C=N–C) groups is 1. The monoisotopic (exact) mass is 190 g/mol. The summed E-state index contributed by atoms with van der Waals surface area (Å²) < 4.78 is 0. The van der Waals surface area contributed by atoms with Crippen LogP contribution in [-0.4, -0.2) is 30.9 Å². The predicted molar refractivity (Wildman–Crippen MR) is 62.6 cm³/mol. The van der Waals surface area contributed by atoms with Crippen molar-refractivity contribution in [3.63, 3.8) is 0 Å². The number of likely N-dealkylation sites (N-methyl/N-ethyl adjacent to an activating group) is 1. The van der Waals surface area contributed by atoms with Gasteiger partial charge < -0.3 is 4.90 Å². The topological polar surface area (TPSA) is 15.6 Å². The van der Waals surface area contributed by atoms with E-state index in [1.165, 1.54) is 11.4 Å². The van der Waals surface area contributed by atoms with Gasteiger partial charge in [0, 0.05) is 20.0 Å². The summed E-state index contributed by atoms with van der Waals surface area (Å²) in [5.74, 6) is 1.19. The molecule has 0 saturated carbocycles. The van der Waals surface area contributed by atoms with E-state index in [0.29, 0.717) is 0 Å². The maximum atomic E-state index is 4.45. The van der Waals surface area contributed by atoms with Crippen LogP contribution >= 0.6 is 0 Å². The first kappa shape index (κ1) is 10.8. The van der Waals surface area contributed by atoms with Crippen LogP contribution in [0.5, 0.6) is 0 Å². The molecule has 1 heterocycles. The van der Waals surface area contributed by atoms with Crippen LogP contribution in [-0.2, 0) is 0 Å². The van der Waals surface area contributed by atoms with Crippen LogP contribution in [0.1, 0.15) is 13.3 Å². The second kappa shape index (κ2) is 5.43. The van der Waals surface area contributed by atoms with Gasteiger partial charge in [-0.2, -0.15) is 0 Å². The van der Waals surface area contributed by atoms with Crippen LogP contribution in [0.4, 0.5) is 0 Å². The number of hydrogen-bond donors (Lipinski definition) is 0. The summed E-state index contributed by atoms with van der Waals surface area (Å²) in [7, 11) is 2.09. The zero-order valence-electron chi connectivity index (χ0n) is 9.03. The molecule has 76 valence electrons. The molecule has 0 spiro atoms. The minimum absolute atomic E-state index is 0.928. The SMILES string of the molecule is C=C/C=C\C(=C/C)CC1=NCCN1C. The highest BCUT2D eigenvalue weighted by Gasteiger charge is 2.12. The first-order valence-electron chi connectivity index (χ1n) is 4.96. The van der Waals surface area contributed by atoms with Gasteiger partial charge in [0.1, 0.15) is 5.84 Å². The van der Waals surface area contributed by atoms with Crippen LogP contribution in [0.15, 0.2) is 41.4 Å². The van der Waals surface area contributed by atoms with Gasteiger partial charge >= 0.3 is 0 Å². The normalized spacial score (nSPS) is 17.7. The van der Waals surface area contributed by atoms with E-state index in [1.807, 2.05) is 6.08 Å². The lowest BCUT2D eigenvalue weighted by atomic mass is 10.1. The van der Waals surface area contributed by atoms with E-state index in [9.17, 15) is 0 Å². The van der Waals surface area contributed by atoms with Gasteiger partial charge in [-0.05, 0) is 12.5 Å². The highest BCUT2D eigenvalue weighted by Crippen LogP contribution is 2.10. The number of hydrogen-bond acceptors (Lipinski definition) is 2. The molecule has 1 rings (SSSR count). The number of allylic oxidation sites excluding steroid dienone is 4. The van der Waals surface area contributed by atoms with E-state index < -0.39 is 0 Å². The smallest absolute Gasteiger partial charge is 0.103 e. The third-order valence-corrected chi connectivity index (χ3v) is 2.35. The zero-order valence-corrected chi connectivity index (χ0v) is 9.03. The molecule has 0 aliphatic carbocycles. The first-order valence-corrected chi connectivity index (χ1v) is 4.96. The van der Waals surface area contributed by atoms with E-state index in [0.717, 1.165) is 19.5 Å². The van der Waals surface area contributed by atoms with Gasteiger partial charge in [-0.15, -0.1) is 0 Å². The van der Waals surface area contributed by atoms with Crippen LogP contribution < -0.4 is 0 Å². The van der Waals surface area contributed by atoms with E-state index in [1.54, 1.807) is 6.08 Å². The predicted octanol–water partition coefficient (Wildman–Crippen LogP) is 2.41. The van der Waals surface area contributed by atoms with Crippen molar-refractivity contribution in [1.29, 1.82) is 0 Å². The fraction of sp³-hybridized carbons (Fsp3) is 0.417. The molecule has 0 aromatic rings. The average molecular weight is 190 g/mol. The van der Waals surface area contributed by atoms with Crippen molar-refractivity contribution < 1.29 is 0 Å². The van der Waals surface area contributed by atoms with Crippen molar-refractivity contribution in [2.45, 2.75) is 13.3 Å². The Morgan fingerprint density at radius 2 is 2.43 bits per heavy atom. The first-order chi connectivity index (χ1) is 6.77. The maximum absolute atomic E-state index is 4.45. The lowest BCUT2D eigenvalue weighted by molar-refractivity contribution is 0.548. The largest absolute Gasteiger partial charge is 0.361 e.